The number of phenols is 2. The normalized spacial score (nSPS) is 19.8. The maximum Gasteiger partial charge on any atom is 0.320 e. The molecule has 0 saturated carbocycles. The standard InChI is InChI=1S/C33H34N2O6/c36-30-22(18-34-13-5-11-28(34)32(38)39)16-20(24-7-1-3-9-26(24)30)15-21-17-23(19-35-14-6-12-29(35)33(40)41)31(37)27-10-4-2-8-25(21)27/h1-4,7-10,16-17,28-29,36-37H,5-6,11-15,18-19H2,(H,38,39)(H,40,41)/t28-,29-/m0/s1. The van der Waals surface area contributed by atoms with Crippen LogP contribution >= 0.6 is 0 Å². The number of aliphatic carboxylic acids is 2. The molecule has 0 radical (unpaired) electrons. The first-order valence-electron chi connectivity index (χ1n) is 14.2. The van der Waals surface area contributed by atoms with Crippen molar-refractivity contribution < 1.29 is 30.0 Å². The van der Waals surface area contributed by atoms with E-state index in [1.165, 1.54) is 0 Å². The monoisotopic (exact) mass is 554 g/mol. The largest absolute Gasteiger partial charge is 0.507 e. The molecular formula is C33H34N2O6. The Bertz CT molecular complexity index is 1530. The molecule has 0 aliphatic carbocycles. The number of carbonyl (C=O) groups is 2. The molecule has 2 heterocycles. The molecule has 0 spiro atoms. The molecule has 41 heavy (non-hydrogen) atoms. The first-order valence-corrected chi connectivity index (χ1v) is 14.2. The Hall–Kier alpha value is -4.14. The van der Waals surface area contributed by atoms with Gasteiger partial charge in [-0.1, -0.05) is 48.5 Å². The summed E-state index contributed by atoms with van der Waals surface area (Å²) < 4.78 is 0. The Kier molecular flexibility index (Phi) is 7.28. The van der Waals surface area contributed by atoms with Gasteiger partial charge in [-0.05, 0) is 79.2 Å². The summed E-state index contributed by atoms with van der Waals surface area (Å²) in [7, 11) is 0. The zero-order chi connectivity index (χ0) is 28.7. The van der Waals surface area contributed by atoms with Crippen molar-refractivity contribution in [2.45, 2.75) is 57.3 Å². The lowest BCUT2D eigenvalue weighted by Crippen LogP contribution is -2.35. The van der Waals surface area contributed by atoms with Gasteiger partial charge < -0.3 is 20.4 Å². The summed E-state index contributed by atoms with van der Waals surface area (Å²) in [5.74, 6) is -1.33. The zero-order valence-electron chi connectivity index (χ0n) is 22.8. The molecule has 0 amide bonds. The van der Waals surface area contributed by atoms with Crippen LogP contribution in [0.1, 0.15) is 47.9 Å². The Morgan fingerprint density at radius 3 is 1.41 bits per heavy atom. The van der Waals surface area contributed by atoms with Gasteiger partial charge in [-0.2, -0.15) is 0 Å². The van der Waals surface area contributed by atoms with Gasteiger partial charge in [0.1, 0.15) is 23.6 Å². The fourth-order valence-corrected chi connectivity index (χ4v) is 6.76. The Labute approximate surface area is 238 Å². The van der Waals surface area contributed by atoms with Crippen LogP contribution in [-0.2, 0) is 29.1 Å². The number of carboxylic acids is 2. The second-order valence-corrected chi connectivity index (χ2v) is 11.3. The number of phenolic OH excluding ortho intramolecular Hbond substituents is 2. The molecule has 8 heteroatoms. The van der Waals surface area contributed by atoms with Crippen LogP contribution in [-0.4, -0.2) is 67.3 Å². The highest BCUT2D eigenvalue weighted by Gasteiger charge is 2.32. The molecule has 6 rings (SSSR count). The van der Waals surface area contributed by atoms with Gasteiger partial charge in [0.2, 0.25) is 0 Å². The van der Waals surface area contributed by atoms with Gasteiger partial charge in [-0.3, -0.25) is 19.4 Å². The van der Waals surface area contributed by atoms with Crippen LogP contribution in [0.15, 0.2) is 60.7 Å². The van der Waals surface area contributed by atoms with E-state index in [4.69, 9.17) is 0 Å². The number of benzene rings is 4. The smallest absolute Gasteiger partial charge is 0.320 e. The number of hydrogen-bond donors (Lipinski definition) is 4. The van der Waals surface area contributed by atoms with Crippen LogP contribution in [0, 0.1) is 0 Å². The summed E-state index contributed by atoms with van der Waals surface area (Å²) in [6.07, 6.45) is 3.32. The number of carboxylic acid groups (broad SMARTS) is 2. The van der Waals surface area contributed by atoms with E-state index in [2.05, 4.69) is 0 Å². The minimum Gasteiger partial charge on any atom is -0.507 e. The van der Waals surface area contributed by atoms with Crippen LogP contribution in [0.2, 0.25) is 0 Å². The SMILES string of the molecule is O=C(O)[C@@H]1CCCN1Cc1cc(Cc2cc(CN3CCC[C@H]3C(=O)O)c(O)c3ccccc23)c2ccccc2c1O. The van der Waals surface area contributed by atoms with Crippen LogP contribution < -0.4 is 0 Å². The molecule has 2 atom stereocenters. The van der Waals surface area contributed by atoms with Crippen molar-refractivity contribution in [1.82, 2.24) is 9.80 Å². The van der Waals surface area contributed by atoms with Crippen molar-refractivity contribution in [1.29, 1.82) is 0 Å². The van der Waals surface area contributed by atoms with E-state index in [0.717, 1.165) is 45.5 Å². The number of aromatic hydroxyl groups is 2. The molecule has 4 aromatic rings. The first-order chi connectivity index (χ1) is 19.8. The topological polar surface area (TPSA) is 122 Å². The molecule has 212 valence electrons. The van der Waals surface area contributed by atoms with E-state index in [-0.39, 0.29) is 11.5 Å². The molecule has 2 saturated heterocycles. The number of rotatable bonds is 8. The average Bonchev–Trinajstić information content (AvgIpc) is 3.63. The van der Waals surface area contributed by atoms with Gasteiger partial charge in [0.05, 0.1) is 0 Å². The highest BCUT2D eigenvalue weighted by Crippen LogP contribution is 2.38. The number of fused-ring (bicyclic) bond motifs is 2. The fraction of sp³-hybridized carbons (Fsp3) is 0.333. The predicted molar refractivity (Wildman–Crippen MR) is 156 cm³/mol. The summed E-state index contributed by atoms with van der Waals surface area (Å²) in [6.45, 7) is 2.01. The highest BCUT2D eigenvalue weighted by atomic mass is 16.4. The number of nitrogens with zero attached hydrogens (tertiary/aromatic N) is 2. The summed E-state index contributed by atoms with van der Waals surface area (Å²) in [5, 5.41) is 45.1. The van der Waals surface area contributed by atoms with Crippen LogP contribution in [0.3, 0.4) is 0 Å². The van der Waals surface area contributed by atoms with E-state index >= 15 is 0 Å². The third-order valence-corrected chi connectivity index (χ3v) is 8.79. The minimum absolute atomic E-state index is 0.172. The lowest BCUT2D eigenvalue weighted by Gasteiger charge is -2.24. The Morgan fingerprint density at radius 2 is 1.02 bits per heavy atom. The second-order valence-electron chi connectivity index (χ2n) is 11.3. The molecule has 4 N–H and O–H groups in total. The van der Waals surface area contributed by atoms with Gasteiger partial charge in [0.25, 0.3) is 0 Å². The van der Waals surface area contributed by atoms with E-state index in [1.54, 1.807) is 0 Å². The molecule has 2 fully saturated rings. The van der Waals surface area contributed by atoms with Gasteiger partial charge in [-0.25, -0.2) is 0 Å². The van der Waals surface area contributed by atoms with E-state index in [1.807, 2.05) is 70.5 Å². The lowest BCUT2D eigenvalue weighted by atomic mass is 9.91. The van der Waals surface area contributed by atoms with Gasteiger partial charge in [0, 0.05) is 35.0 Å². The van der Waals surface area contributed by atoms with E-state index in [9.17, 15) is 30.0 Å². The number of hydrogen-bond acceptors (Lipinski definition) is 6. The minimum atomic E-state index is -0.839. The van der Waals surface area contributed by atoms with Crippen LogP contribution in [0.4, 0.5) is 0 Å². The van der Waals surface area contributed by atoms with Gasteiger partial charge in [0.15, 0.2) is 0 Å². The average molecular weight is 555 g/mol. The highest BCUT2D eigenvalue weighted by molar-refractivity contribution is 5.95. The quantitative estimate of drug-likeness (QED) is 0.238. The molecule has 0 unspecified atom stereocenters. The fourth-order valence-electron chi connectivity index (χ4n) is 6.76. The third-order valence-electron chi connectivity index (χ3n) is 8.79. The first kappa shape index (κ1) is 27.1. The van der Waals surface area contributed by atoms with Crippen molar-refractivity contribution in [2.75, 3.05) is 13.1 Å². The molecule has 2 aliphatic rings. The molecule has 0 aromatic heterocycles. The van der Waals surface area contributed by atoms with Crippen molar-refractivity contribution in [2.24, 2.45) is 0 Å². The molecule has 8 nitrogen and oxygen atoms in total. The molecule has 4 aromatic carbocycles. The van der Waals surface area contributed by atoms with Crippen molar-refractivity contribution in [3.05, 3.63) is 82.9 Å². The van der Waals surface area contributed by atoms with E-state index < -0.39 is 24.0 Å². The predicted octanol–water partition coefficient (Wildman–Crippen LogP) is 5.09. The summed E-state index contributed by atoms with van der Waals surface area (Å²) >= 11 is 0. The Balaban J connectivity index is 1.42. The third kappa shape index (κ3) is 5.09. The van der Waals surface area contributed by atoms with E-state index in [0.29, 0.717) is 56.6 Å². The maximum absolute atomic E-state index is 11.8. The van der Waals surface area contributed by atoms with Crippen molar-refractivity contribution in [3.63, 3.8) is 0 Å². The lowest BCUT2D eigenvalue weighted by molar-refractivity contribution is -0.143. The summed E-state index contributed by atoms with van der Waals surface area (Å²) in [5.41, 5.74) is 3.37. The summed E-state index contributed by atoms with van der Waals surface area (Å²) in [6, 6.07) is 18.2. The second kappa shape index (κ2) is 11.0. The van der Waals surface area contributed by atoms with Gasteiger partial charge >= 0.3 is 11.9 Å². The zero-order valence-corrected chi connectivity index (χ0v) is 22.8. The molecular weight excluding hydrogens is 520 g/mol. The number of likely N-dealkylation sites (tertiary alicyclic amines) is 2. The Morgan fingerprint density at radius 1 is 0.634 bits per heavy atom. The summed E-state index contributed by atoms with van der Waals surface area (Å²) in [4.78, 5) is 27.5. The van der Waals surface area contributed by atoms with Crippen LogP contribution in [0.5, 0.6) is 11.5 Å². The maximum atomic E-state index is 11.8. The molecule has 2 aliphatic heterocycles. The van der Waals surface area contributed by atoms with Crippen LogP contribution in [0.25, 0.3) is 21.5 Å². The van der Waals surface area contributed by atoms with Crippen molar-refractivity contribution in [3.8, 4) is 11.5 Å². The van der Waals surface area contributed by atoms with Crippen molar-refractivity contribution >= 4 is 33.5 Å². The molecule has 0 bridgehead atoms. The van der Waals surface area contributed by atoms with Gasteiger partial charge in [-0.15, -0.1) is 0 Å².